The van der Waals surface area contributed by atoms with Crippen LogP contribution in [0.4, 0.5) is 5.82 Å². The monoisotopic (exact) mass is 236 g/mol. The van der Waals surface area contributed by atoms with Gasteiger partial charge < -0.3 is 14.7 Å². The van der Waals surface area contributed by atoms with Crippen LogP contribution in [-0.4, -0.2) is 41.4 Å². The third-order valence-electron chi connectivity index (χ3n) is 2.74. The maximum Gasteiger partial charge on any atom is 0.335 e. The lowest BCUT2D eigenvalue weighted by Gasteiger charge is -2.38. The van der Waals surface area contributed by atoms with Crippen LogP contribution in [0.15, 0.2) is 18.3 Å². The number of hydrogen-bond donors (Lipinski definition) is 1. The molecule has 0 spiro atoms. The van der Waals surface area contributed by atoms with E-state index in [-0.39, 0.29) is 11.2 Å². The number of carbonyl (C=O) groups is 1. The van der Waals surface area contributed by atoms with Crippen LogP contribution in [-0.2, 0) is 4.74 Å². The molecule has 2 heterocycles. The predicted molar refractivity (Wildman–Crippen MR) is 63.4 cm³/mol. The van der Waals surface area contributed by atoms with Gasteiger partial charge in [-0.25, -0.2) is 9.78 Å². The second-order valence-corrected chi connectivity index (χ2v) is 4.74. The summed E-state index contributed by atoms with van der Waals surface area (Å²) in [7, 11) is 0. The van der Waals surface area contributed by atoms with Crippen LogP contribution in [0.25, 0.3) is 0 Å². The highest BCUT2D eigenvalue weighted by molar-refractivity contribution is 5.88. The van der Waals surface area contributed by atoms with E-state index in [0.717, 1.165) is 6.54 Å². The Hall–Kier alpha value is -1.62. The van der Waals surface area contributed by atoms with Crippen molar-refractivity contribution in [3.63, 3.8) is 0 Å². The minimum Gasteiger partial charge on any atom is -0.478 e. The zero-order chi connectivity index (χ0) is 12.5. The average Bonchev–Trinajstić information content (AvgIpc) is 2.28. The van der Waals surface area contributed by atoms with Gasteiger partial charge in [0.25, 0.3) is 0 Å². The first-order valence-corrected chi connectivity index (χ1v) is 5.56. The third-order valence-corrected chi connectivity index (χ3v) is 2.74. The van der Waals surface area contributed by atoms with Gasteiger partial charge in [-0.15, -0.1) is 0 Å². The zero-order valence-corrected chi connectivity index (χ0v) is 10.0. The summed E-state index contributed by atoms with van der Waals surface area (Å²) in [6.07, 6.45) is 1.53. The van der Waals surface area contributed by atoms with Crippen molar-refractivity contribution < 1.29 is 14.6 Å². The molecule has 5 heteroatoms. The highest BCUT2D eigenvalue weighted by Crippen LogP contribution is 2.21. The van der Waals surface area contributed by atoms with E-state index < -0.39 is 5.97 Å². The van der Waals surface area contributed by atoms with Crippen molar-refractivity contribution in [2.24, 2.45) is 0 Å². The molecule has 0 aromatic carbocycles. The van der Waals surface area contributed by atoms with Gasteiger partial charge in [0, 0.05) is 19.3 Å². The minimum absolute atomic E-state index is 0.223. The minimum atomic E-state index is -0.929. The van der Waals surface area contributed by atoms with Gasteiger partial charge in [0.15, 0.2) is 0 Å². The molecule has 0 radical (unpaired) electrons. The van der Waals surface area contributed by atoms with Gasteiger partial charge in [-0.1, -0.05) is 0 Å². The number of hydrogen-bond acceptors (Lipinski definition) is 4. The highest BCUT2D eigenvalue weighted by Gasteiger charge is 2.28. The summed E-state index contributed by atoms with van der Waals surface area (Å²) >= 11 is 0. The highest BCUT2D eigenvalue weighted by atomic mass is 16.5. The first-order valence-electron chi connectivity index (χ1n) is 5.56. The van der Waals surface area contributed by atoms with Crippen LogP contribution < -0.4 is 4.90 Å². The molecule has 1 aliphatic rings. The van der Waals surface area contributed by atoms with E-state index in [1.165, 1.54) is 12.3 Å². The number of anilines is 1. The maximum atomic E-state index is 10.9. The lowest BCUT2D eigenvalue weighted by atomic mass is 10.1. The summed E-state index contributed by atoms with van der Waals surface area (Å²) in [4.78, 5) is 17.2. The summed E-state index contributed by atoms with van der Waals surface area (Å²) in [5.41, 5.74) is 0.0402. The molecule has 1 aromatic rings. The number of nitrogens with zero attached hydrogens (tertiary/aromatic N) is 2. The summed E-state index contributed by atoms with van der Waals surface area (Å²) in [6, 6.07) is 3.10. The van der Waals surface area contributed by atoms with Gasteiger partial charge in [-0.3, -0.25) is 0 Å². The Morgan fingerprint density at radius 2 is 2.35 bits per heavy atom. The third kappa shape index (κ3) is 2.74. The molecule has 2 rings (SSSR count). The number of morpholine rings is 1. The van der Waals surface area contributed by atoms with Gasteiger partial charge in [0.2, 0.25) is 0 Å². The van der Waals surface area contributed by atoms with E-state index in [4.69, 9.17) is 9.84 Å². The van der Waals surface area contributed by atoms with E-state index >= 15 is 0 Å². The standard InChI is InChI=1S/C12H16N2O3/c1-12(2)8-14(5-6-17-12)10-7-9(11(15)16)3-4-13-10/h3-4,7H,5-6,8H2,1-2H3,(H,15,16). The SMILES string of the molecule is CC1(C)CN(c2cc(C(=O)O)ccn2)CCO1. The maximum absolute atomic E-state index is 10.9. The molecular formula is C12H16N2O3. The van der Waals surface area contributed by atoms with Crippen molar-refractivity contribution in [2.45, 2.75) is 19.4 Å². The fraction of sp³-hybridized carbons (Fsp3) is 0.500. The lowest BCUT2D eigenvalue weighted by Crippen LogP contribution is -2.48. The Bertz CT molecular complexity index is 432. The molecule has 0 unspecified atom stereocenters. The lowest BCUT2D eigenvalue weighted by molar-refractivity contribution is -0.0279. The van der Waals surface area contributed by atoms with E-state index in [1.54, 1.807) is 6.07 Å². The molecule has 1 fully saturated rings. The number of aromatic carboxylic acids is 1. The topological polar surface area (TPSA) is 62.7 Å². The second kappa shape index (κ2) is 4.33. The first-order chi connectivity index (χ1) is 7.98. The van der Waals surface area contributed by atoms with E-state index in [0.29, 0.717) is 19.0 Å². The summed E-state index contributed by atoms with van der Waals surface area (Å²) in [5, 5.41) is 8.94. The zero-order valence-electron chi connectivity index (χ0n) is 10.0. The average molecular weight is 236 g/mol. The normalized spacial score (nSPS) is 19.1. The molecule has 5 nitrogen and oxygen atoms in total. The molecule has 0 atom stereocenters. The van der Waals surface area contributed by atoms with Crippen LogP contribution in [0, 0.1) is 0 Å². The van der Waals surface area contributed by atoms with Crippen LogP contribution in [0.3, 0.4) is 0 Å². The first kappa shape index (κ1) is 11.9. The van der Waals surface area contributed by atoms with Crippen molar-refractivity contribution in [1.82, 2.24) is 4.98 Å². The second-order valence-electron chi connectivity index (χ2n) is 4.74. The molecule has 0 bridgehead atoms. The van der Waals surface area contributed by atoms with Crippen LogP contribution in [0.2, 0.25) is 0 Å². The van der Waals surface area contributed by atoms with Gasteiger partial charge in [0.05, 0.1) is 17.8 Å². The van der Waals surface area contributed by atoms with Crippen LogP contribution in [0.1, 0.15) is 24.2 Å². The molecule has 17 heavy (non-hydrogen) atoms. The number of carboxylic acid groups (broad SMARTS) is 1. The van der Waals surface area contributed by atoms with E-state index in [2.05, 4.69) is 9.88 Å². The van der Waals surface area contributed by atoms with E-state index in [9.17, 15) is 4.79 Å². The van der Waals surface area contributed by atoms with Crippen molar-refractivity contribution in [3.05, 3.63) is 23.9 Å². The van der Waals surface area contributed by atoms with Gasteiger partial charge in [0.1, 0.15) is 5.82 Å². The van der Waals surface area contributed by atoms with Gasteiger partial charge >= 0.3 is 5.97 Å². The fourth-order valence-corrected chi connectivity index (χ4v) is 1.94. The number of aromatic nitrogens is 1. The number of ether oxygens (including phenoxy) is 1. The molecule has 1 saturated heterocycles. The number of rotatable bonds is 2. The van der Waals surface area contributed by atoms with Crippen molar-refractivity contribution >= 4 is 11.8 Å². The Morgan fingerprint density at radius 3 is 3.00 bits per heavy atom. The van der Waals surface area contributed by atoms with Crippen molar-refractivity contribution in [2.75, 3.05) is 24.6 Å². The van der Waals surface area contributed by atoms with Crippen LogP contribution in [0.5, 0.6) is 0 Å². The summed E-state index contributed by atoms with van der Waals surface area (Å²) in [6.45, 7) is 6.11. The Balaban J connectivity index is 2.22. The number of carboxylic acids is 1. The molecule has 1 aliphatic heterocycles. The predicted octanol–water partition coefficient (Wildman–Crippen LogP) is 1.40. The largest absolute Gasteiger partial charge is 0.478 e. The quantitative estimate of drug-likeness (QED) is 0.840. The van der Waals surface area contributed by atoms with Gasteiger partial charge in [-0.05, 0) is 26.0 Å². The van der Waals surface area contributed by atoms with Crippen molar-refractivity contribution in [1.29, 1.82) is 0 Å². The van der Waals surface area contributed by atoms with Crippen LogP contribution >= 0.6 is 0 Å². The van der Waals surface area contributed by atoms with Crippen molar-refractivity contribution in [3.8, 4) is 0 Å². The Morgan fingerprint density at radius 1 is 1.59 bits per heavy atom. The fourth-order valence-electron chi connectivity index (χ4n) is 1.94. The summed E-state index contributed by atoms with van der Waals surface area (Å²) < 4.78 is 5.61. The molecule has 0 amide bonds. The molecule has 0 saturated carbocycles. The van der Waals surface area contributed by atoms with E-state index in [1.807, 2.05) is 13.8 Å². The summed E-state index contributed by atoms with van der Waals surface area (Å²) in [5.74, 6) is -0.234. The molecule has 0 aliphatic carbocycles. The number of pyridine rings is 1. The molecular weight excluding hydrogens is 220 g/mol. The molecule has 1 N–H and O–H groups in total. The molecule has 1 aromatic heterocycles. The Kier molecular flexibility index (Phi) is 3.02. The van der Waals surface area contributed by atoms with Gasteiger partial charge in [-0.2, -0.15) is 0 Å². The molecule has 92 valence electrons. The smallest absolute Gasteiger partial charge is 0.335 e. The Labute approximate surface area is 100 Å².